The molecule has 1 fully saturated rings. The fraction of sp³-hybridized carbons (Fsp3) is 0.571. The lowest BCUT2D eigenvalue weighted by atomic mass is 10.0. The molecule has 2 aromatic rings. The molecule has 0 aromatic carbocycles. The molecule has 3 rings (SSSR count). The molecule has 5 nitrogen and oxygen atoms in total. The van der Waals surface area contributed by atoms with Gasteiger partial charge in [-0.25, -0.2) is 9.50 Å². The Labute approximate surface area is 113 Å². The summed E-state index contributed by atoms with van der Waals surface area (Å²) in [5, 5.41) is 7.89. The zero-order valence-corrected chi connectivity index (χ0v) is 11.5. The van der Waals surface area contributed by atoms with Crippen LogP contribution in [0.5, 0.6) is 0 Å². The fourth-order valence-corrected chi connectivity index (χ4v) is 2.46. The number of rotatable bonds is 6. The van der Waals surface area contributed by atoms with Gasteiger partial charge < -0.3 is 10.1 Å². The van der Waals surface area contributed by atoms with Gasteiger partial charge in [-0.05, 0) is 37.7 Å². The van der Waals surface area contributed by atoms with E-state index < -0.39 is 0 Å². The van der Waals surface area contributed by atoms with Crippen LogP contribution in [-0.2, 0) is 4.74 Å². The topological polar surface area (TPSA) is 51.5 Å². The van der Waals surface area contributed by atoms with Gasteiger partial charge in [-0.15, -0.1) is 0 Å². The SMILES string of the molecule is COCCC1(CNc2nccn3nc(C)cc23)CC1. The van der Waals surface area contributed by atoms with E-state index in [-0.39, 0.29) is 0 Å². The van der Waals surface area contributed by atoms with E-state index in [0.29, 0.717) is 5.41 Å². The predicted molar refractivity (Wildman–Crippen MR) is 74.4 cm³/mol. The minimum Gasteiger partial charge on any atom is -0.385 e. The third kappa shape index (κ3) is 2.56. The Bertz CT molecular complexity index is 574. The van der Waals surface area contributed by atoms with Crippen LogP contribution in [0.2, 0.25) is 0 Å². The molecule has 2 heterocycles. The monoisotopic (exact) mass is 260 g/mol. The molecule has 1 aliphatic carbocycles. The molecule has 0 unspecified atom stereocenters. The summed E-state index contributed by atoms with van der Waals surface area (Å²) in [6.45, 7) is 3.80. The largest absolute Gasteiger partial charge is 0.385 e. The highest BCUT2D eigenvalue weighted by atomic mass is 16.5. The molecule has 0 bridgehead atoms. The number of nitrogens with zero attached hydrogens (tertiary/aromatic N) is 3. The molecule has 0 amide bonds. The van der Waals surface area contributed by atoms with Crippen LogP contribution in [-0.4, -0.2) is 34.9 Å². The van der Waals surface area contributed by atoms with Crippen LogP contribution in [0.1, 0.15) is 25.0 Å². The highest BCUT2D eigenvalue weighted by Gasteiger charge is 2.41. The first-order chi connectivity index (χ1) is 9.22. The number of aryl methyl sites for hydroxylation is 1. The van der Waals surface area contributed by atoms with E-state index in [1.165, 1.54) is 12.8 Å². The summed E-state index contributed by atoms with van der Waals surface area (Å²) in [5.74, 6) is 0.923. The molecule has 0 atom stereocenters. The van der Waals surface area contributed by atoms with Crippen LogP contribution in [0.3, 0.4) is 0 Å². The maximum Gasteiger partial charge on any atom is 0.152 e. The number of fused-ring (bicyclic) bond motifs is 1. The number of anilines is 1. The van der Waals surface area contributed by atoms with Crippen LogP contribution >= 0.6 is 0 Å². The Balaban J connectivity index is 1.72. The molecule has 19 heavy (non-hydrogen) atoms. The summed E-state index contributed by atoms with van der Waals surface area (Å²) in [7, 11) is 1.76. The van der Waals surface area contributed by atoms with Crippen molar-refractivity contribution >= 4 is 11.3 Å². The lowest BCUT2D eigenvalue weighted by molar-refractivity contribution is 0.175. The summed E-state index contributed by atoms with van der Waals surface area (Å²) in [5.41, 5.74) is 2.47. The lowest BCUT2D eigenvalue weighted by Gasteiger charge is -2.16. The minimum atomic E-state index is 0.416. The van der Waals surface area contributed by atoms with Gasteiger partial charge in [0.1, 0.15) is 5.52 Å². The maximum atomic E-state index is 5.19. The summed E-state index contributed by atoms with van der Waals surface area (Å²) in [4.78, 5) is 4.43. The van der Waals surface area contributed by atoms with Gasteiger partial charge in [0.2, 0.25) is 0 Å². The van der Waals surface area contributed by atoms with E-state index in [9.17, 15) is 0 Å². The van der Waals surface area contributed by atoms with Crippen molar-refractivity contribution in [2.45, 2.75) is 26.2 Å². The Morgan fingerprint density at radius 3 is 3.05 bits per heavy atom. The number of hydrogen-bond acceptors (Lipinski definition) is 4. The second-order valence-electron chi connectivity index (χ2n) is 5.49. The van der Waals surface area contributed by atoms with Crippen molar-refractivity contribution in [2.24, 2.45) is 5.41 Å². The maximum absolute atomic E-state index is 5.19. The van der Waals surface area contributed by atoms with E-state index in [2.05, 4.69) is 21.5 Å². The first kappa shape index (κ1) is 12.4. The van der Waals surface area contributed by atoms with Crippen LogP contribution < -0.4 is 5.32 Å². The van der Waals surface area contributed by atoms with E-state index in [1.807, 2.05) is 17.6 Å². The van der Waals surface area contributed by atoms with Crippen molar-refractivity contribution in [3.05, 3.63) is 24.2 Å². The molecular weight excluding hydrogens is 240 g/mol. The molecule has 2 aromatic heterocycles. The van der Waals surface area contributed by atoms with Crippen molar-refractivity contribution in [1.29, 1.82) is 0 Å². The Morgan fingerprint density at radius 1 is 1.47 bits per heavy atom. The Morgan fingerprint density at radius 2 is 2.32 bits per heavy atom. The van der Waals surface area contributed by atoms with Crippen molar-refractivity contribution in [1.82, 2.24) is 14.6 Å². The minimum absolute atomic E-state index is 0.416. The van der Waals surface area contributed by atoms with Gasteiger partial charge in [-0.3, -0.25) is 0 Å². The quantitative estimate of drug-likeness (QED) is 0.865. The summed E-state index contributed by atoms with van der Waals surface area (Å²) in [6, 6.07) is 2.06. The van der Waals surface area contributed by atoms with Gasteiger partial charge in [0, 0.05) is 32.7 Å². The summed E-state index contributed by atoms with van der Waals surface area (Å²) >= 11 is 0. The van der Waals surface area contributed by atoms with Gasteiger partial charge >= 0.3 is 0 Å². The van der Waals surface area contributed by atoms with Crippen LogP contribution in [0, 0.1) is 12.3 Å². The summed E-state index contributed by atoms with van der Waals surface area (Å²) in [6.07, 6.45) is 7.36. The van der Waals surface area contributed by atoms with Crippen molar-refractivity contribution in [2.75, 3.05) is 25.6 Å². The van der Waals surface area contributed by atoms with Crippen LogP contribution in [0.25, 0.3) is 5.52 Å². The average molecular weight is 260 g/mol. The number of methoxy groups -OCH3 is 1. The Kier molecular flexibility index (Phi) is 3.14. The molecular formula is C14H20N4O. The molecule has 0 aliphatic heterocycles. The third-order valence-corrected chi connectivity index (χ3v) is 3.94. The van der Waals surface area contributed by atoms with E-state index >= 15 is 0 Å². The van der Waals surface area contributed by atoms with Crippen LogP contribution in [0.15, 0.2) is 18.5 Å². The second-order valence-corrected chi connectivity index (χ2v) is 5.49. The number of aromatic nitrogens is 3. The van der Waals surface area contributed by atoms with E-state index in [1.54, 1.807) is 13.3 Å². The number of ether oxygens (including phenoxy) is 1. The Hall–Kier alpha value is -1.62. The highest BCUT2D eigenvalue weighted by Crippen LogP contribution is 2.48. The molecule has 5 heteroatoms. The van der Waals surface area contributed by atoms with E-state index in [0.717, 1.165) is 36.6 Å². The van der Waals surface area contributed by atoms with Gasteiger partial charge in [-0.1, -0.05) is 0 Å². The molecule has 1 aliphatic rings. The van der Waals surface area contributed by atoms with Gasteiger partial charge in [-0.2, -0.15) is 5.10 Å². The molecule has 0 spiro atoms. The standard InChI is InChI=1S/C14H20N4O/c1-11-9-12-13(15-6-7-18(12)17-11)16-10-14(3-4-14)5-8-19-2/h6-7,9H,3-5,8,10H2,1-2H3,(H,15,16). The molecule has 1 N–H and O–H groups in total. The zero-order valence-electron chi connectivity index (χ0n) is 11.5. The molecule has 102 valence electrons. The lowest BCUT2D eigenvalue weighted by Crippen LogP contribution is -2.18. The summed E-state index contributed by atoms with van der Waals surface area (Å²) < 4.78 is 7.06. The van der Waals surface area contributed by atoms with Crippen molar-refractivity contribution in [3.63, 3.8) is 0 Å². The average Bonchev–Trinajstić information content (AvgIpc) is 3.07. The fourth-order valence-electron chi connectivity index (χ4n) is 2.46. The van der Waals surface area contributed by atoms with Gasteiger partial charge in [0.05, 0.1) is 5.69 Å². The van der Waals surface area contributed by atoms with Crippen LogP contribution in [0.4, 0.5) is 5.82 Å². The third-order valence-electron chi connectivity index (χ3n) is 3.94. The molecule has 0 radical (unpaired) electrons. The smallest absolute Gasteiger partial charge is 0.152 e. The van der Waals surface area contributed by atoms with Gasteiger partial charge in [0.25, 0.3) is 0 Å². The second kappa shape index (κ2) is 4.81. The van der Waals surface area contributed by atoms with Crippen molar-refractivity contribution < 1.29 is 4.74 Å². The highest BCUT2D eigenvalue weighted by molar-refractivity contribution is 5.67. The van der Waals surface area contributed by atoms with Crippen molar-refractivity contribution in [3.8, 4) is 0 Å². The zero-order chi connectivity index (χ0) is 13.3. The first-order valence-electron chi connectivity index (χ1n) is 6.76. The number of nitrogens with one attached hydrogen (secondary N) is 1. The van der Waals surface area contributed by atoms with E-state index in [4.69, 9.17) is 4.74 Å². The molecule has 1 saturated carbocycles. The number of hydrogen-bond donors (Lipinski definition) is 1. The molecule has 0 saturated heterocycles. The normalized spacial score (nSPS) is 16.7. The van der Waals surface area contributed by atoms with Gasteiger partial charge in [0.15, 0.2) is 5.82 Å². The predicted octanol–water partition coefficient (Wildman–Crippen LogP) is 2.27. The first-order valence-corrected chi connectivity index (χ1v) is 6.76.